The second kappa shape index (κ2) is 10.00. The third kappa shape index (κ3) is 9.15. The molecular weight excluding hydrogens is 395 g/mol. The minimum Gasteiger partial charge on any atom is -0.467 e. The molecule has 0 amide bonds. The molecule has 1 heterocycles. The minimum atomic E-state index is -3.15. The largest absolute Gasteiger partial charge is 0.467 e. The molecule has 0 saturated carbocycles. The van der Waals surface area contributed by atoms with Crippen molar-refractivity contribution < 1.29 is 12.8 Å². The first-order valence-corrected chi connectivity index (χ1v) is 7.89. The van der Waals surface area contributed by atoms with E-state index in [1.165, 1.54) is 0 Å². The molecule has 0 saturated heterocycles. The molecule has 116 valence electrons. The summed E-state index contributed by atoms with van der Waals surface area (Å²) in [5, 5.41) is 6.09. The van der Waals surface area contributed by atoms with E-state index in [1.807, 2.05) is 13.0 Å². The first-order chi connectivity index (χ1) is 9.01. The molecule has 0 aliphatic carbocycles. The van der Waals surface area contributed by atoms with E-state index < -0.39 is 10.0 Å². The Morgan fingerprint density at radius 1 is 1.35 bits per heavy atom. The molecule has 0 spiro atoms. The highest BCUT2D eigenvalue weighted by molar-refractivity contribution is 14.0. The first-order valence-electron chi connectivity index (χ1n) is 6.00. The summed E-state index contributed by atoms with van der Waals surface area (Å²) in [4.78, 5) is 4.31. The van der Waals surface area contributed by atoms with E-state index in [-0.39, 0.29) is 24.0 Å². The molecule has 1 aromatic heterocycles. The fourth-order valence-electron chi connectivity index (χ4n) is 1.32. The Hall–Kier alpha value is -0.810. The van der Waals surface area contributed by atoms with Gasteiger partial charge in [0.15, 0.2) is 5.96 Å². The van der Waals surface area contributed by atoms with E-state index in [0.29, 0.717) is 25.6 Å². The first kappa shape index (κ1) is 19.2. The van der Waals surface area contributed by atoms with Crippen LogP contribution in [0.1, 0.15) is 12.7 Å². The Morgan fingerprint density at radius 3 is 2.65 bits per heavy atom. The fraction of sp³-hybridized carbons (Fsp3) is 0.545. The van der Waals surface area contributed by atoms with Gasteiger partial charge in [-0.1, -0.05) is 0 Å². The van der Waals surface area contributed by atoms with Gasteiger partial charge in [-0.05, 0) is 19.1 Å². The van der Waals surface area contributed by atoms with Crippen LogP contribution < -0.4 is 15.4 Å². The zero-order chi connectivity index (χ0) is 14.1. The van der Waals surface area contributed by atoms with Gasteiger partial charge < -0.3 is 15.1 Å². The summed E-state index contributed by atoms with van der Waals surface area (Å²) in [5.41, 5.74) is 0. The van der Waals surface area contributed by atoms with Gasteiger partial charge in [0.1, 0.15) is 12.3 Å². The van der Waals surface area contributed by atoms with Crippen molar-refractivity contribution in [2.24, 2.45) is 4.99 Å². The summed E-state index contributed by atoms with van der Waals surface area (Å²) in [7, 11) is -3.15. The van der Waals surface area contributed by atoms with E-state index in [0.717, 1.165) is 18.6 Å². The van der Waals surface area contributed by atoms with Crippen molar-refractivity contribution in [3.63, 3.8) is 0 Å². The predicted molar refractivity (Wildman–Crippen MR) is 89.8 cm³/mol. The normalized spacial score (nSPS) is 11.8. The lowest BCUT2D eigenvalue weighted by Crippen LogP contribution is -2.41. The van der Waals surface area contributed by atoms with Gasteiger partial charge in [0.05, 0.1) is 12.5 Å². The molecule has 0 fully saturated rings. The summed E-state index contributed by atoms with van der Waals surface area (Å²) < 4.78 is 29.3. The molecule has 1 aromatic rings. The summed E-state index contributed by atoms with van der Waals surface area (Å²) in [6.45, 7) is 3.88. The van der Waals surface area contributed by atoms with E-state index >= 15 is 0 Å². The van der Waals surface area contributed by atoms with Crippen molar-refractivity contribution in [1.82, 2.24) is 15.4 Å². The Kier molecular flexibility index (Phi) is 9.59. The van der Waals surface area contributed by atoms with E-state index in [9.17, 15) is 8.42 Å². The summed E-state index contributed by atoms with van der Waals surface area (Å²) in [6, 6.07) is 3.65. The van der Waals surface area contributed by atoms with Crippen LogP contribution in [0.2, 0.25) is 0 Å². The van der Waals surface area contributed by atoms with Gasteiger partial charge in [-0.2, -0.15) is 0 Å². The number of furan rings is 1. The van der Waals surface area contributed by atoms with Crippen LogP contribution in [0.15, 0.2) is 27.8 Å². The van der Waals surface area contributed by atoms with Gasteiger partial charge >= 0.3 is 0 Å². The van der Waals surface area contributed by atoms with Crippen LogP contribution in [0, 0.1) is 0 Å². The Bertz CT molecular complexity index is 488. The number of nitrogens with one attached hydrogen (secondary N) is 3. The number of rotatable bonds is 7. The number of sulfonamides is 1. The maximum absolute atomic E-state index is 10.9. The lowest BCUT2D eigenvalue weighted by molar-refractivity contribution is 0.512. The number of guanidine groups is 1. The van der Waals surface area contributed by atoms with E-state index in [2.05, 4.69) is 20.3 Å². The number of aliphatic imine (C=N–C) groups is 1. The lowest BCUT2D eigenvalue weighted by Gasteiger charge is -2.10. The van der Waals surface area contributed by atoms with Crippen molar-refractivity contribution in [1.29, 1.82) is 0 Å². The Balaban J connectivity index is 0.00000361. The molecule has 0 unspecified atom stereocenters. The molecular formula is C11H21IN4O3S. The molecule has 1 rings (SSSR count). The third-order valence-electron chi connectivity index (χ3n) is 2.10. The van der Waals surface area contributed by atoms with Crippen LogP contribution in [0.4, 0.5) is 0 Å². The highest BCUT2D eigenvalue weighted by Gasteiger charge is 2.01. The topological polar surface area (TPSA) is 95.7 Å². The highest BCUT2D eigenvalue weighted by atomic mass is 127. The standard InChI is InChI=1S/C11H20N4O3S.HI/c1-3-12-11(13-6-7-15-19(2,16)17)14-9-10-5-4-8-18-10;/h4-5,8,15H,3,6-7,9H2,1-2H3,(H2,12,13,14);1H. The van der Waals surface area contributed by atoms with Crippen molar-refractivity contribution in [3.05, 3.63) is 24.2 Å². The van der Waals surface area contributed by atoms with Crippen molar-refractivity contribution in [2.45, 2.75) is 13.5 Å². The smallest absolute Gasteiger partial charge is 0.208 e. The van der Waals surface area contributed by atoms with Gasteiger partial charge in [0.25, 0.3) is 0 Å². The molecule has 0 radical (unpaired) electrons. The van der Waals surface area contributed by atoms with Crippen LogP contribution in [-0.2, 0) is 16.6 Å². The quantitative estimate of drug-likeness (QED) is 0.261. The van der Waals surface area contributed by atoms with Crippen molar-refractivity contribution >= 4 is 40.0 Å². The number of hydrogen-bond donors (Lipinski definition) is 3. The van der Waals surface area contributed by atoms with E-state index in [1.54, 1.807) is 12.3 Å². The summed E-state index contributed by atoms with van der Waals surface area (Å²) in [6.07, 6.45) is 2.73. The van der Waals surface area contributed by atoms with Gasteiger partial charge in [0, 0.05) is 19.6 Å². The van der Waals surface area contributed by atoms with Gasteiger partial charge in [-0.25, -0.2) is 18.1 Å². The number of halogens is 1. The molecule has 7 nitrogen and oxygen atoms in total. The molecule has 0 aliphatic heterocycles. The van der Waals surface area contributed by atoms with Crippen LogP contribution in [0.5, 0.6) is 0 Å². The van der Waals surface area contributed by atoms with Crippen LogP contribution in [0.25, 0.3) is 0 Å². The zero-order valence-electron chi connectivity index (χ0n) is 11.5. The van der Waals surface area contributed by atoms with Crippen LogP contribution in [-0.4, -0.2) is 40.3 Å². The monoisotopic (exact) mass is 416 g/mol. The van der Waals surface area contributed by atoms with Crippen molar-refractivity contribution in [2.75, 3.05) is 25.9 Å². The molecule has 20 heavy (non-hydrogen) atoms. The summed E-state index contributed by atoms with van der Waals surface area (Å²) in [5.74, 6) is 1.39. The van der Waals surface area contributed by atoms with Gasteiger partial charge in [-0.3, -0.25) is 0 Å². The van der Waals surface area contributed by atoms with Gasteiger partial charge in [0.2, 0.25) is 10.0 Å². The molecule has 0 bridgehead atoms. The zero-order valence-corrected chi connectivity index (χ0v) is 14.7. The average Bonchev–Trinajstić information content (AvgIpc) is 2.83. The third-order valence-corrected chi connectivity index (χ3v) is 2.83. The SMILES string of the molecule is CCNC(=NCc1ccco1)NCCNS(C)(=O)=O.I. The minimum absolute atomic E-state index is 0. The second-order valence-corrected chi connectivity index (χ2v) is 5.70. The maximum Gasteiger partial charge on any atom is 0.208 e. The van der Waals surface area contributed by atoms with Crippen LogP contribution >= 0.6 is 24.0 Å². The molecule has 0 aromatic carbocycles. The molecule has 9 heteroatoms. The highest BCUT2D eigenvalue weighted by Crippen LogP contribution is 2.00. The lowest BCUT2D eigenvalue weighted by atomic mass is 10.4. The second-order valence-electron chi connectivity index (χ2n) is 3.87. The predicted octanol–water partition coefficient (Wildman–Crippen LogP) is 0.502. The Morgan fingerprint density at radius 2 is 2.10 bits per heavy atom. The van der Waals surface area contributed by atoms with Crippen molar-refractivity contribution in [3.8, 4) is 0 Å². The van der Waals surface area contributed by atoms with E-state index in [4.69, 9.17) is 4.42 Å². The molecule has 3 N–H and O–H groups in total. The maximum atomic E-state index is 10.9. The number of hydrogen-bond acceptors (Lipinski definition) is 4. The average molecular weight is 416 g/mol. The van der Waals surface area contributed by atoms with Gasteiger partial charge in [-0.15, -0.1) is 24.0 Å². The Labute approximate surface area is 136 Å². The van der Waals surface area contributed by atoms with Crippen LogP contribution in [0.3, 0.4) is 0 Å². The molecule has 0 aliphatic rings. The summed E-state index contributed by atoms with van der Waals surface area (Å²) >= 11 is 0. The molecule has 0 atom stereocenters. The number of nitrogens with zero attached hydrogens (tertiary/aromatic N) is 1. The fourth-order valence-corrected chi connectivity index (χ4v) is 1.79.